The van der Waals surface area contributed by atoms with Crippen molar-refractivity contribution in [1.82, 2.24) is 5.32 Å². The van der Waals surface area contributed by atoms with Crippen LogP contribution in [0.15, 0.2) is 18.2 Å². The minimum atomic E-state index is 0.218. The monoisotopic (exact) mass is 181 g/mol. The van der Waals surface area contributed by atoms with Crippen LogP contribution in [0.3, 0.4) is 0 Å². The summed E-state index contributed by atoms with van der Waals surface area (Å²) in [4.78, 5) is 0. The maximum absolute atomic E-state index is 9.22. The molecule has 0 fully saturated rings. The lowest BCUT2D eigenvalue weighted by molar-refractivity contribution is 0.397. The number of ether oxygens (including phenoxy) is 1. The van der Waals surface area contributed by atoms with Crippen molar-refractivity contribution in [2.75, 3.05) is 14.2 Å². The Morgan fingerprint density at radius 1 is 1.46 bits per heavy atom. The van der Waals surface area contributed by atoms with Gasteiger partial charge in [0, 0.05) is 17.7 Å². The Morgan fingerprint density at radius 3 is 2.69 bits per heavy atom. The number of methoxy groups -OCH3 is 1. The second-order valence-corrected chi connectivity index (χ2v) is 2.94. The van der Waals surface area contributed by atoms with Crippen molar-refractivity contribution in [3.63, 3.8) is 0 Å². The molecule has 0 saturated heterocycles. The van der Waals surface area contributed by atoms with E-state index in [0.29, 0.717) is 5.75 Å². The van der Waals surface area contributed by atoms with Gasteiger partial charge in [0.15, 0.2) is 0 Å². The van der Waals surface area contributed by atoms with Gasteiger partial charge in [-0.05, 0) is 20.0 Å². The first-order chi connectivity index (χ1) is 6.19. The zero-order chi connectivity index (χ0) is 9.84. The lowest BCUT2D eigenvalue weighted by Crippen LogP contribution is -2.13. The van der Waals surface area contributed by atoms with Crippen LogP contribution in [-0.4, -0.2) is 19.3 Å². The smallest absolute Gasteiger partial charge is 0.127 e. The van der Waals surface area contributed by atoms with E-state index in [1.165, 1.54) is 0 Å². The summed E-state index contributed by atoms with van der Waals surface area (Å²) >= 11 is 0. The van der Waals surface area contributed by atoms with Crippen molar-refractivity contribution in [2.45, 2.75) is 13.0 Å². The number of benzene rings is 1. The SMILES string of the molecule is CNC(C)c1ccc(O)cc1OC. The molecule has 1 unspecified atom stereocenters. The summed E-state index contributed by atoms with van der Waals surface area (Å²) in [7, 11) is 3.48. The van der Waals surface area contributed by atoms with Gasteiger partial charge < -0.3 is 15.2 Å². The molecule has 0 aliphatic heterocycles. The molecule has 0 heterocycles. The van der Waals surface area contributed by atoms with Crippen molar-refractivity contribution < 1.29 is 9.84 Å². The van der Waals surface area contributed by atoms with Gasteiger partial charge in [0.2, 0.25) is 0 Å². The van der Waals surface area contributed by atoms with E-state index in [1.807, 2.05) is 20.0 Å². The number of hydrogen-bond donors (Lipinski definition) is 2. The fraction of sp³-hybridized carbons (Fsp3) is 0.400. The van der Waals surface area contributed by atoms with Crippen molar-refractivity contribution in [1.29, 1.82) is 0 Å². The first-order valence-corrected chi connectivity index (χ1v) is 4.23. The quantitative estimate of drug-likeness (QED) is 0.745. The Morgan fingerprint density at radius 2 is 2.15 bits per heavy atom. The molecule has 1 aromatic rings. The van der Waals surface area contributed by atoms with Crippen molar-refractivity contribution in [3.8, 4) is 11.5 Å². The number of hydrogen-bond acceptors (Lipinski definition) is 3. The first kappa shape index (κ1) is 9.86. The lowest BCUT2D eigenvalue weighted by Gasteiger charge is -2.14. The van der Waals surface area contributed by atoms with Crippen molar-refractivity contribution >= 4 is 0 Å². The molecule has 0 aliphatic rings. The normalized spacial score (nSPS) is 12.5. The molecule has 0 bridgehead atoms. The second-order valence-electron chi connectivity index (χ2n) is 2.94. The van der Waals surface area contributed by atoms with E-state index in [0.717, 1.165) is 5.56 Å². The molecule has 0 amide bonds. The molecule has 1 rings (SSSR count). The highest BCUT2D eigenvalue weighted by Gasteiger charge is 2.09. The van der Waals surface area contributed by atoms with Gasteiger partial charge in [-0.25, -0.2) is 0 Å². The summed E-state index contributed by atoms with van der Waals surface area (Å²) in [5, 5.41) is 12.3. The van der Waals surface area contributed by atoms with Gasteiger partial charge in [-0.1, -0.05) is 6.07 Å². The lowest BCUT2D eigenvalue weighted by atomic mass is 10.1. The predicted molar refractivity (Wildman–Crippen MR) is 52.1 cm³/mol. The average Bonchev–Trinajstić information content (AvgIpc) is 2.16. The van der Waals surface area contributed by atoms with Gasteiger partial charge in [0.1, 0.15) is 11.5 Å². The summed E-state index contributed by atoms with van der Waals surface area (Å²) in [5.41, 5.74) is 1.04. The molecular weight excluding hydrogens is 166 g/mol. The summed E-state index contributed by atoms with van der Waals surface area (Å²) < 4.78 is 5.15. The third kappa shape index (κ3) is 2.12. The van der Waals surface area contributed by atoms with Crippen LogP contribution in [-0.2, 0) is 0 Å². The minimum Gasteiger partial charge on any atom is -0.508 e. The fourth-order valence-electron chi connectivity index (χ4n) is 1.21. The third-order valence-electron chi connectivity index (χ3n) is 2.12. The standard InChI is InChI=1S/C10H15NO2/c1-7(11-2)9-5-4-8(12)6-10(9)13-3/h4-7,11-12H,1-3H3. The Hall–Kier alpha value is -1.22. The molecule has 0 aliphatic carbocycles. The topological polar surface area (TPSA) is 41.5 Å². The molecule has 0 spiro atoms. The molecule has 0 saturated carbocycles. The van der Waals surface area contributed by atoms with Gasteiger partial charge in [-0.2, -0.15) is 0 Å². The van der Waals surface area contributed by atoms with Gasteiger partial charge in [0.05, 0.1) is 7.11 Å². The maximum Gasteiger partial charge on any atom is 0.127 e. The van der Waals surface area contributed by atoms with E-state index in [2.05, 4.69) is 5.32 Å². The molecule has 2 N–H and O–H groups in total. The van der Waals surface area contributed by atoms with Gasteiger partial charge >= 0.3 is 0 Å². The maximum atomic E-state index is 9.22. The van der Waals surface area contributed by atoms with Crippen molar-refractivity contribution in [2.24, 2.45) is 0 Å². The Bertz CT molecular complexity index is 286. The van der Waals surface area contributed by atoms with Gasteiger partial charge in [-0.3, -0.25) is 0 Å². The van der Waals surface area contributed by atoms with Crippen LogP contribution in [0.5, 0.6) is 11.5 Å². The number of rotatable bonds is 3. The van der Waals surface area contributed by atoms with Crippen LogP contribution in [0.2, 0.25) is 0 Å². The highest BCUT2D eigenvalue weighted by molar-refractivity contribution is 5.41. The van der Waals surface area contributed by atoms with Crippen LogP contribution in [0.4, 0.5) is 0 Å². The molecule has 1 aromatic carbocycles. The van der Waals surface area contributed by atoms with Crippen LogP contribution >= 0.6 is 0 Å². The zero-order valence-corrected chi connectivity index (χ0v) is 8.16. The van der Waals surface area contributed by atoms with Crippen LogP contribution in [0, 0.1) is 0 Å². The van der Waals surface area contributed by atoms with E-state index < -0.39 is 0 Å². The number of phenols is 1. The molecule has 72 valence electrons. The Kier molecular flexibility index (Phi) is 3.14. The molecule has 3 nitrogen and oxygen atoms in total. The van der Waals surface area contributed by atoms with Gasteiger partial charge in [0.25, 0.3) is 0 Å². The fourth-order valence-corrected chi connectivity index (χ4v) is 1.21. The molecule has 1 atom stereocenters. The van der Waals surface area contributed by atoms with E-state index >= 15 is 0 Å². The van der Waals surface area contributed by atoms with E-state index in [-0.39, 0.29) is 11.8 Å². The largest absolute Gasteiger partial charge is 0.508 e. The summed E-state index contributed by atoms with van der Waals surface area (Å²) in [5.74, 6) is 0.936. The number of phenolic OH excluding ortho intramolecular Hbond substituents is 1. The van der Waals surface area contributed by atoms with E-state index in [4.69, 9.17) is 4.74 Å². The third-order valence-corrected chi connectivity index (χ3v) is 2.12. The Balaban J connectivity index is 3.05. The van der Waals surface area contributed by atoms with E-state index in [9.17, 15) is 5.11 Å². The molecular formula is C10H15NO2. The van der Waals surface area contributed by atoms with Crippen LogP contribution in [0.25, 0.3) is 0 Å². The summed E-state index contributed by atoms with van der Waals surface area (Å²) in [6, 6.07) is 5.35. The number of nitrogens with one attached hydrogen (secondary N) is 1. The molecule has 0 aromatic heterocycles. The molecule has 13 heavy (non-hydrogen) atoms. The van der Waals surface area contributed by atoms with Gasteiger partial charge in [-0.15, -0.1) is 0 Å². The highest BCUT2D eigenvalue weighted by Crippen LogP contribution is 2.28. The summed E-state index contributed by atoms with van der Waals surface area (Å²) in [6.45, 7) is 2.04. The zero-order valence-electron chi connectivity index (χ0n) is 8.16. The summed E-state index contributed by atoms with van der Waals surface area (Å²) in [6.07, 6.45) is 0. The van der Waals surface area contributed by atoms with E-state index in [1.54, 1.807) is 19.2 Å². The Labute approximate surface area is 78.3 Å². The second kappa shape index (κ2) is 4.14. The van der Waals surface area contributed by atoms with Crippen LogP contribution in [0.1, 0.15) is 18.5 Å². The van der Waals surface area contributed by atoms with Crippen LogP contribution < -0.4 is 10.1 Å². The first-order valence-electron chi connectivity index (χ1n) is 4.23. The predicted octanol–water partition coefficient (Wildman–Crippen LogP) is 1.68. The number of aromatic hydroxyl groups is 1. The van der Waals surface area contributed by atoms with Crippen molar-refractivity contribution in [3.05, 3.63) is 23.8 Å². The average molecular weight is 181 g/mol. The minimum absolute atomic E-state index is 0.218. The highest BCUT2D eigenvalue weighted by atomic mass is 16.5. The molecule has 3 heteroatoms. The molecule has 0 radical (unpaired) electrons.